The summed E-state index contributed by atoms with van der Waals surface area (Å²) in [5.74, 6) is 0.619. The number of hydrogen-bond acceptors (Lipinski definition) is 6. The van der Waals surface area contributed by atoms with Crippen molar-refractivity contribution in [2.75, 3.05) is 36.5 Å². The van der Waals surface area contributed by atoms with Gasteiger partial charge in [-0.1, -0.05) is 32.0 Å². The topological polar surface area (TPSA) is 105 Å². The Labute approximate surface area is 223 Å². The summed E-state index contributed by atoms with van der Waals surface area (Å²) in [6, 6.07) is 20.2. The number of nitrogens with zero attached hydrogens (tertiary/aromatic N) is 2. The van der Waals surface area contributed by atoms with Crippen LogP contribution in [0, 0.1) is 0 Å². The maximum Gasteiger partial charge on any atom is 0.267 e. The van der Waals surface area contributed by atoms with Gasteiger partial charge in [0.2, 0.25) is 10.0 Å². The third kappa shape index (κ3) is 5.81. The molecule has 9 nitrogen and oxygen atoms in total. The third-order valence-electron chi connectivity index (χ3n) is 6.21. The zero-order valence-corrected chi connectivity index (χ0v) is 22.4. The Morgan fingerprint density at radius 1 is 1.03 bits per heavy atom. The molecule has 1 unspecified atom stereocenters. The lowest BCUT2D eigenvalue weighted by Gasteiger charge is -2.33. The highest BCUT2D eigenvalue weighted by Crippen LogP contribution is 2.36. The molecule has 38 heavy (non-hydrogen) atoms. The number of ether oxygens (including phenoxy) is 2. The van der Waals surface area contributed by atoms with Crippen LogP contribution in [0.4, 0.5) is 11.4 Å². The number of para-hydroxylation sites is 1. The van der Waals surface area contributed by atoms with Crippen LogP contribution in [0.2, 0.25) is 0 Å². The molecular weight excluding hydrogens is 506 g/mol. The highest BCUT2D eigenvalue weighted by atomic mass is 32.2. The van der Waals surface area contributed by atoms with Crippen LogP contribution in [-0.4, -0.2) is 56.9 Å². The van der Waals surface area contributed by atoms with E-state index in [4.69, 9.17) is 9.47 Å². The van der Waals surface area contributed by atoms with Gasteiger partial charge in [0.05, 0.1) is 17.1 Å². The van der Waals surface area contributed by atoms with Crippen molar-refractivity contribution in [3.05, 3.63) is 78.4 Å². The molecule has 1 atom stereocenters. The molecule has 0 radical (unpaired) electrons. The molecule has 1 heterocycles. The Kier molecular flexibility index (Phi) is 8.33. The monoisotopic (exact) mass is 537 g/mol. The highest BCUT2D eigenvalue weighted by Gasteiger charge is 2.32. The van der Waals surface area contributed by atoms with Gasteiger partial charge in [-0.15, -0.1) is 0 Å². The van der Waals surface area contributed by atoms with Gasteiger partial charge in [-0.05, 0) is 61.5 Å². The number of hydrogen-bond donors (Lipinski definition) is 1. The minimum absolute atomic E-state index is 0.129. The van der Waals surface area contributed by atoms with Crippen molar-refractivity contribution in [2.45, 2.75) is 31.8 Å². The van der Waals surface area contributed by atoms with E-state index in [0.717, 1.165) is 0 Å². The minimum atomic E-state index is -3.61. The van der Waals surface area contributed by atoms with Crippen molar-refractivity contribution in [2.24, 2.45) is 0 Å². The van der Waals surface area contributed by atoms with E-state index in [9.17, 15) is 18.0 Å². The van der Waals surface area contributed by atoms with Crippen molar-refractivity contribution in [1.29, 1.82) is 0 Å². The molecule has 10 heteroatoms. The van der Waals surface area contributed by atoms with Gasteiger partial charge in [-0.25, -0.2) is 8.42 Å². The van der Waals surface area contributed by atoms with Gasteiger partial charge in [-0.2, -0.15) is 4.31 Å². The normalized spacial score (nSPS) is 15.1. The number of anilines is 2. The molecule has 0 fully saturated rings. The SMILES string of the molecule is CCN(CC)S(=O)(=O)c1ccc(C(=O)Nc2ccc3c(c2)N(CCOc2ccccc2)C(=O)C(C)O3)cc1. The molecule has 1 N–H and O–H groups in total. The van der Waals surface area contributed by atoms with E-state index < -0.39 is 22.0 Å². The largest absolute Gasteiger partial charge is 0.492 e. The van der Waals surface area contributed by atoms with Gasteiger partial charge in [-0.3, -0.25) is 9.59 Å². The molecule has 0 aromatic heterocycles. The summed E-state index contributed by atoms with van der Waals surface area (Å²) in [4.78, 5) is 27.5. The second-order valence-corrected chi connectivity index (χ2v) is 10.6. The van der Waals surface area contributed by atoms with E-state index >= 15 is 0 Å². The quantitative estimate of drug-likeness (QED) is 0.416. The fraction of sp³-hybridized carbons (Fsp3) is 0.286. The van der Waals surface area contributed by atoms with E-state index in [1.165, 1.54) is 28.6 Å². The Hall–Kier alpha value is -3.89. The first-order chi connectivity index (χ1) is 18.2. The molecular formula is C28H31N3O6S. The lowest BCUT2D eigenvalue weighted by molar-refractivity contribution is -0.125. The van der Waals surface area contributed by atoms with Crippen molar-refractivity contribution in [1.82, 2.24) is 4.31 Å². The Bertz CT molecular complexity index is 1390. The van der Waals surface area contributed by atoms with E-state index in [-0.39, 0.29) is 17.4 Å². The lowest BCUT2D eigenvalue weighted by Crippen LogP contribution is -2.46. The highest BCUT2D eigenvalue weighted by molar-refractivity contribution is 7.89. The minimum Gasteiger partial charge on any atom is -0.492 e. The number of rotatable bonds is 10. The summed E-state index contributed by atoms with van der Waals surface area (Å²) in [7, 11) is -3.61. The maximum absolute atomic E-state index is 12.9. The van der Waals surface area contributed by atoms with Gasteiger partial charge in [0.15, 0.2) is 6.10 Å². The molecule has 2 amide bonds. The Morgan fingerprint density at radius 3 is 2.37 bits per heavy atom. The van der Waals surface area contributed by atoms with E-state index in [2.05, 4.69) is 5.32 Å². The molecule has 4 rings (SSSR count). The number of benzene rings is 3. The number of carbonyl (C=O) groups is 2. The number of amides is 2. The summed E-state index contributed by atoms with van der Waals surface area (Å²) in [5, 5.41) is 2.82. The molecule has 0 bridgehead atoms. The number of carbonyl (C=O) groups excluding carboxylic acids is 2. The van der Waals surface area contributed by atoms with E-state index in [1.807, 2.05) is 30.3 Å². The predicted octanol–water partition coefficient (Wildman–Crippen LogP) is 4.16. The van der Waals surface area contributed by atoms with E-state index in [1.54, 1.807) is 43.9 Å². The van der Waals surface area contributed by atoms with Crippen LogP contribution in [0.3, 0.4) is 0 Å². The van der Waals surface area contributed by atoms with Crippen LogP contribution in [0.15, 0.2) is 77.7 Å². The molecule has 0 aliphatic carbocycles. The van der Waals surface area contributed by atoms with Crippen molar-refractivity contribution in [3.8, 4) is 11.5 Å². The first-order valence-corrected chi connectivity index (χ1v) is 13.9. The third-order valence-corrected chi connectivity index (χ3v) is 8.28. The zero-order valence-electron chi connectivity index (χ0n) is 21.6. The van der Waals surface area contributed by atoms with Gasteiger partial charge in [0, 0.05) is 24.3 Å². The lowest BCUT2D eigenvalue weighted by atomic mass is 10.1. The molecule has 200 valence electrons. The number of nitrogens with one attached hydrogen (secondary N) is 1. The zero-order chi connectivity index (χ0) is 27.3. The van der Waals surface area contributed by atoms with Gasteiger partial charge >= 0.3 is 0 Å². The molecule has 0 spiro atoms. The average molecular weight is 538 g/mol. The second kappa shape index (κ2) is 11.7. The van der Waals surface area contributed by atoms with Crippen LogP contribution < -0.4 is 19.7 Å². The van der Waals surface area contributed by atoms with Crippen LogP contribution in [0.1, 0.15) is 31.1 Å². The van der Waals surface area contributed by atoms with Gasteiger partial charge in [0.25, 0.3) is 11.8 Å². The molecule has 0 saturated carbocycles. The van der Waals surface area contributed by atoms with Crippen LogP contribution in [0.5, 0.6) is 11.5 Å². The van der Waals surface area contributed by atoms with Crippen molar-refractivity contribution < 1.29 is 27.5 Å². The van der Waals surface area contributed by atoms with Gasteiger partial charge < -0.3 is 19.7 Å². The predicted molar refractivity (Wildman–Crippen MR) is 145 cm³/mol. The number of fused-ring (bicyclic) bond motifs is 1. The summed E-state index contributed by atoms with van der Waals surface area (Å²) in [6.07, 6.45) is -0.647. The maximum atomic E-state index is 12.9. The van der Waals surface area contributed by atoms with Crippen molar-refractivity contribution >= 4 is 33.2 Å². The Balaban J connectivity index is 1.49. The smallest absolute Gasteiger partial charge is 0.267 e. The molecule has 3 aromatic carbocycles. The Morgan fingerprint density at radius 2 is 1.71 bits per heavy atom. The average Bonchev–Trinajstić information content (AvgIpc) is 2.92. The first-order valence-electron chi connectivity index (χ1n) is 12.5. The van der Waals surface area contributed by atoms with Crippen molar-refractivity contribution in [3.63, 3.8) is 0 Å². The molecule has 0 saturated heterocycles. The second-order valence-electron chi connectivity index (χ2n) is 8.66. The molecule has 3 aromatic rings. The fourth-order valence-corrected chi connectivity index (χ4v) is 5.64. The summed E-state index contributed by atoms with van der Waals surface area (Å²) in [6.45, 7) is 6.54. The standard InChI is InChI=1S/C28H31N3O6S/c1-4-30(5-2)38(34,35)24-14-11-21(12-15-24)27(32)29-22-13-16-26-25(19-22)31(28(33)20(3)37-26)17-18-36-23-9-7-6-8-10-23/h6-16,19-20H,4-5,17-18H2,1-3H3,(H,29,32). The fourth-order valence-electron chi connectivity index (χ4n) is 4.18. The first kappa shape index (κ1) is 27.2. The summed E-state index contributed by atoms with van der Waals surface area (Å²) in [5.41, 5.74) is 1.30. The molecule has 1 aliphatic heterocycles. The molecule has 1 aliphatic rings. The summed E-state index contributed by atoms with van der Waals surface area (Å²) < 4.78 is 38.3. The van der Waals surface area contributed by atoms with Gasteiger partial charge in [0.1, 0.15) is 18.1 Å². The van der Waals surface area contributed by atoms with Crippen LogP contribution in [-0.2, 0) is 14.8 Å². The van der Waals surface area contributed by atoms with E-state index in [0.29, 0.717) is 48.1 Å². The summed E-state index contributed by atoms with van der Waals surface area (Å²) >= 11 is 0. The van der Waals surface area contributed by atoms with Crippen LogP contribution >= 0.6 is 0 Å². The van der Waals surface area contributed by atoms with Crippen LogP contribution in [0.25, 0.3) is 0 Å². The number of sulfonamides is 1.